The van der Waals surface area contributed by atoms with Crippen LogP contribution in [-0.4, -0.2) is 23.0 Å². The number of hydrogen-bond acceptors (Lipinski definition) is 2. The second-order valence-corrected chi connectivity index (χ2v) is 7.79. The van der Waals surface area contributed by atoms with Gasteiger partial charge in [0.1, 0.15) is 6.04 Å². The quantitative estimate of drug-likeness (QED) is 0.326. The Morgan fingerprint density at radius 1 is 0.821 bits per heavy atom. The number of carbonyl (C=O) groups excluding carboxylic acids is 1. The summed E-state index contributed by atoms with van der Waals surface area (Å²) in [6, 6.07) is 8.56. The lowest BCUT2D eigenvalue weighted by Crippen LogP contribution is -2.42. The van der Waals surface area contributed by atoms with Crippen LogP contribution >= 0.6 is 0 Å². The van der Waals surface area contributed by atoms with Gasteiger partial charge in [-0.2, -0.15) is 0 Å². The molecule has 0 unspecified atom stereocenters. The molecule has 1 aromatic rings. The van der Waals surface area contributed by atoms with Gasteiger partial charge >= 0.3 is 5.97 Å². The molecule has 0 fully saturated rings. The number of benzene rings is 1. The Labute approximate surface area is 171 Å². The summed E-state index contributed by atoms with van der Waals surface area (Å²) in [5.41, 5.74) is 0.917. The zero-order valence-electron chi connectivity index (χ0n) is 17.6. The number of hydrogen-bond donors (Lipinski definition) is 2. The molecule has 0 aliphatic rings. The Bertz CT molecular complexity index is 530. The Morgan fingerprint density at radius 2 is 1.32 bits per heavy atom. The van der Waals surface area contributed by atoms with Crippen LogP contribution in [0.5, 0.6) is 0 Å². The number of aliphatic carboxylic acids is 1. The van der Waals surface area contributed by atoms with Gasteiger partial charge in [0, 0.05) is 12.8 Å². The number of rotatable bonds is 17. The normalized spacial score (nSPS) is 11.9. The molecule has 1 aromatic carbocycles. The standard InChI is InChI=1S/C24H39NO3/c1-2-3-4-5-6-7-8-9-10-11-12-16-19-23(26)25-22(24(27)28)20-21-17-14-13-15-18-21/h13-15,17-18,22H,2-12,16,19-20H2,1H3,(H,25,26)(H,27,28)/t22-/m1/s1. The monoisotopic (exact) mass is 389 g/mol. The van der Waals surface area contributed by atoms with Crippen LogP contribution in [0.25, 0.3) is 0 Å². The van der Waals surface area contributed by atoms with Crippen LogP contribution in [0, 0.1) is 0 Å². The predicted octanol–water partition coefficient (Wildman–Crippen LogP) is 5.89. The molecule has 0 aliphatic carbocycles. The second-order valence-electron chi connectivity index (χ2n) is 7.79. The van der Waals surface area contributed by atoms with Crippen molar-refractivity contribution in [2.45, 2.75) is 103 Å². The summed E-state index contributed by atoms with van der Waals surface area (Å²) >= 11 is 0. The van der Waals surface area contributed by atoms with Crippen molar-refractivity contribution in [3.8, 4) is 0 Å². The average Bonchev–Trinajstić information content (AvgIpc) is 2.69. The van der Waals surface area contributed by atoms with Crippen molar-refractivity contribution < 1.29 is 14.7 Å². The second kappa shape index (κ2) is 16.1. The van der Waals surface area contributed by atoms with Gasteiger partial charge in [0.15, 0.2) is 0 Å². The summed E-state index contributed by atoms with van der Waals surface area (Å²) in [5.74, 6) is -1.14. The van der Waals surface area contributed by atoms with Crippen LogP contribution in [0.2, 0.25) is 0 Å². The molecule has 28 heavy (non-hydrogen) atoms. The molecular formula is C24H39NO3. The van der Waals surface area contributed by atoms with Gasteiger partial charge in [-0.1, -0.05) is 108 Å². The van der Waals surface area contributed by atoms with Gasteiger partial charge in [0.2, 0.25) is 5.91 Å². The van der Waals surface area contributed by atoms with Gasteiger partial charge < -0.3 is 10.4 Å². The van der Waals surface area contributed by atoms with E-state index in [4.69, 9.17) is 0 Å². The first-order valence-corrected chi connectivity index (χ1v) is 11.2. The highest BCUT2D eigenvalue weighted by molar-refractivity contribution is 5.83. The lowest BCUT2D eigenvalue weighted by atomic mass is 10.0. The van der Waals surface area contributed by atoms with E-state index < -0.39 is 12.0 Å². The third-order valence-corrected chi connectivity index (χ3v) is 5.17. The third-order valence-electron chi connectivity index (χ3n) is 5.17. The number of unbranched alkanes of at least 4 members (excludes halogenated alkanes) is 11. The highest BCUT2D eigenvalue weighted by Crippen LogP contribution is 2.12. The van der Waals surface area contributed by atoms with Crippen molar-refractivity contribution in [3.63, 3.8) is 0 Å². The first kappa shape index (κ1) is 24.2. The summed E-state index contributed by atoms with van der Waals surface area (Å²) < 4.78 is 0. The van der Waals surface area contributed by atoms with Crippen LogP contribution in [0.15, 0.2) is 30.3 Å². The third kappa shape index (κ3) is 12.5. The van der Waals surface area contributed by atoms with E-state index >= 15 is 0 Å². The molecule has 4 heteroatoms. The minimum Gasteiger partial charge on any atom is -0.480 e. The van der Waals surface area contributed by atoms with Crippen molar-refractivity contribution >= 4 is 11.9 Å². The van der Waals surface area contributed by atoms with Crippen LogP contribution in [0.3, 0.4) is 0 Å². The molecule has 0 spiro atoms. The minimum absolute atomic E-state index is 0.157. The van der Waals surface area contributed by atoms with Crippen LogP contribution < -0.4 is 5.32 Å². The van der Waals surface area contributed by atoms with E-state index in [1.165, 1.54) is 57.8 Å². The predicted molar refractivity (Wildman–Crippen MR) is 115 cm³/mol. The molecular weight excluding hydrogens is 350 g/mol. The van der Waals surface area contributed by atoms with Crippen molar-refractivity contribution in [2.75, 3.05) is 0 Å². The first-order chi connectivity index (χ1) is 13.6. The Morgan fingerprint density at radius 3 is 1.82 bits per heavy atom. The van der Waals surface area contributed by atoms with Crippen molar-refractivity contribution in [2.24, 2.45) is 0 Å². The Kier molecular flexibility index (Phi) is 14.0. The van der Waals surface area contributed by atoms with Crippen molar-refractivity contribution in [3.05, 3.63) is 35.9 Å². The number of carboxylic acid groups (broad SMARTS) is 1. The minimum atomic E-state index is -0.980. The summed E-state index contributed by atoms with van der Waals surface area (Å²) in [7, 11) is 0. The number of nitrogens with one attached hydrogen (secondary N) is 1. The highest BCUT2D eigenvalue weighted by atomic mass is 16.4. The van der Waals surface area contributed by atoms with Gasteiger partial charge in [0.05, 0.1) is 0 Å². The van der Waals surface area contributed by atoms with E-state index in [-0.39, 0.29) is 5.91 Å². The van der Waals surface area contributed by atoms with Gasteiger partial charge in [-0.3, -0.25) is 4.79 Å². The molecule has 0 bridgehead atoms. The van der Waals surface area contributed by atoms with Crippen molar-refractivity contribution in [1.82, 2.24) is 5.32 Å². The molecule has 0 heterocycles. The van der Waals surface area contributed by atoms with Crippen LogP contribution in [-0.2, 0) is 16.0 Å². The molecule has 0 saturated carbocycles. The van der Waals surface area contributed by atoms with Crippen LogP contribution in [0.1, 0.15) is 96.0 Å². The molecule has 1 atom stereocenters. The summed E-state index contributed by atoms with van der Waals surface area (Å²) in [5, 5.41) is 12.0. The molecule has 0 aliphatic heterocycles. The zero-order chi connectivity index (χ0) is 20.5. The summed E-state index contributed by atoms with van der Waals surface area (Å²) in [4.78, 5) is 23.5. The lowest BCUT2D eigenvalue weighted by molar-refractivity contribution is -0.141. The highest BCUT2D eigenvalue weighted by Gasteiger charge is 2.19. The van der Waals surface area contributed by atoms with Crippen molar-refractivity contribution in [1.29, 1.82) is 0 Å². The number of carbonyl (C=O) groups is 2. The maximum atomic E-state index is 12.1. The average molecular weight is 390 g/mol. The largest absolute Gasteiger partial charge is 0.480 e. The van der Waals surface area contributed by atoms with E-state index in [0.717, 1.165) is 24.8 Å². The molecule has 0 aromatic heterocycles. The van der Waals surface area contributed by atoms with Gasteiger partial charge in [-0.05, 0) is 12.0 Å². The smallest absolute Gasteiger partial charge is 0.326 e. The molecule has 2 N–H and O–H groups in total. The molecule has 0 saturated heterocycles. The molecule has 1 rings (SSSR count). The van der Waals surface area contributed by atoms with E-state index in [2.05, 4.69) is 12.2 Å². The first-order valence-electron chi connectivity index (χ1n) is 11.2. The summed E-state index contributed by atoms with van der Waals surface area (Å²) in [6.07, 6.45) is 15.8. The fourth-order valence-corrected chi connectivity index (χ4v) is 3.44. The molecule has 158 valence electrons. The Hall–Kier alpha value is -1.84. The number of carboxylic acids is 1. The van der Waals surface area contributed by atoms with E-state index in [1.807, 2.05) is 30.3 Å². The molecule has 0 radical (unpaired) electrons. The van der Waals surface area contributed by atoms with E-state index in [1.54, 1.807) is 0 Å². The summed E-state index contributed by atoms with van der Waals surface area (Å²) in [6.45, 7) is 2.25. The van der Waals surface area contributed by atoms with E-state index in [9.17, 15) is 14.7 Å². The SMILES string of the molecule is CCCCCCCCCCCCCCC(=O)N[C@H](Cc1ccccc1)C(=O)O. The maximum absolute atomic E-state index is 12.1. The molecule has 1 amide bonds. The fraction of sp³-hybridized carbons (Fsp3) is 0.667. The Balaban J connectivity index is 2.04. The van der Waals surface area contributed by atoms with Gasteiger partial charge in [0.25, 0.3) is 0 Å². The zero-order valence-corrected chi connectivity index (χ0v) is 17.6. The topological polar surface area (TPSA) is 66.4 Å². The lowest BCUT2D eigenvalue weighted by Gasteiger charge is -2.14. The molecule has 4 nitrogen and oxygen atoms in total. The fourth-order valence-electron chi connectivity index (χ4n) is 3.44. The number of amides is 1. The van der Waals surface area contributed by atoms with Crippen LogP contribution in [0.4, 0.5) is 0 Å². The van der Waals surface area contributed by atoms with E-state index in [0.29, 0.717) is 12.8 Å². The van der Waals surface area contributed by atoms with Gasteiger partial charge in [-0.15, -0.1) is 0 Å². The maximum Gasteiger partial charge on any atom is 0.326 e. The van der Waals surface area contributed by atoms with Gasteiger partial charge in [-0.25, -0.2) is 4.79 Å².